The SMILES string of the molecule is CC(C)(C)c1cccc2c3c(oc12)C(N(c1ccccc1)c1cc2c(c4c1oc1ccccc14)-c1c(cc(N(c4ccccc4)c4cccc5c4oc4c(C(C)(C)C)cccc45)c4c1oc1ccccc14)C2(c1ccccc1)c1ccccc1)CC=C3. The van der Waals surface area contributed by atoms with E-state index in [-0.39, 0.29) is 16.9 Å². The van der Waals surface area contributed by atoms with Crippen LogP contribution in [0.15, 0.2) is 260 Å². The van der Waals surface area contributed by atoms with Crippen molar-refractivity contribution >= 4 is 111 Å². The summed E-state index contributed by atoms with van der Waals surface area (Å²) in [5.74, 6) is 0.933. The second-order valence-corrected chi connectivity index (χ2v) is 25.8. The Morgan fingerprint density at radius 3 is 1.52 bits per heavy atom. The molecule has 11 aromatic carbocycles. The third kappa shape index (κ3) is 7.40. The average Bonchev–Trinajstić information content (AvgIpc) is 1.52. The molecule has 0 saturated heterocycles. The molecule has 2 aliphatic carbocycles. The highest BCUT2D eigenvalue weighted by molar-refractivity contribution is 6.26. The fourth-order valence-corrected chi connectivity index (χ4v) is 15.0. The maximum Gasteiger partial charge on any atom is 0.159 e. The summed E-state index contributed by atoms with van der Waals surface area (Å²) < 4.78 is 29.9. The third-order valence-corrected chi connectivity index (χ3v) is 18.7. The van der Waals surface area contributed by atoms with Crippen LogP contribution in [-0.2, 0) is 16.2 Å². The number of para-hydroxylation sites is 7. The molecule has 6 heteroatoms. The molecule has 0 radical (unpaired) electrons. The van der Waals surface area contributed by atoms with Crippen molar-refractivity contribution in [3.63, 3.8) is 0 Å². The zero-order valence-electron chi connectivity index (χ0n) is 49.5. The van der Waals surface area contributed by atoms with Crippen LogP contribution in [0.5, 0.6) is 0 Å². The molecule has 6 nitrogen and oxygen atoms in total. The first-order valence-corrected chi connectivity index (χ1v) is 30.4. The van der Waals surface area contributed by atoms with Gasteiger partial charge in [0.2, 0.25) is 0 Å². The van der Waals surface area contributed by atoms with E-state index in [2.05, 4.69) is 300 Å². The second-order valence-electron chi connectivity index (χ2n) is 25.8. The molecule has 87 heavy (non-hydrogen) atoms. The lowest BCUT2D eigenvalue weighted by atomic mass is 9.67. The molecule has 1 atom stereocenters. The van der Waals surface area contributed by atoms with E-state index in [9.17, 15) is 0 Å². The van der Waals surface area contributed by atoms with E-state index in [1.807, 2.05) is 0 Å². The van der Waals surface area contributed by atoms with E-state index in [4.69, 9.17) is 17.7 Å². The number of fused-ring (bicyclic) bond motifs is 17. The van der Waals surface area contributed by atoms with Crippen LogP contribution in [0.4, 0.5) is 28.4 Å². The summed E-state index contributed by atoms with van der Waals surface area (Å²) in [4.78, 5) is 4.93. The molecule has 0 saturated carbocycles. The van der Waals surface area contributed by atoms with Gasteiger partial charge >= 0.3 is 0 Å². The van der Waals surface area contributed by atoms with Crippen molar-refractivity contribution < 1.29 is 17.7 Å². The maximum atomic E-state index is 7.64. The first kappa shape index (κ1) is 51.1. The topological polar surface area (TPSA) is 59.0 Å². The summed E-state index contributed by atoms with van der Waals surface area (Å²) in [5, 5.41) is 7.33. The van der Waals surface area contributed by atoms with Crippen LogP contribution in [0.25, 0.3) is 94.0 Å². The number of benzene rings is 11. The summed E-state index contributed by atoms with van der Waals surface area (Å²) in [6.07, 6.45) is 5.29. The van der Waals surface area contributed by atoms with Crippen molar-refractivity contribution in [1.82, 2.24) is 0 Å². The van der Waals surface area contributed by atoms with E-state index in [1.54, 1.807) is 0 Å². The van der Waals surface area contributed by atoms with Gasteiger partial charge in [-0.3, -0.25) is 0 Å². The van der Waals surface area contributed by atoms with E-state index in [1.165, 1.54) is 11.1 Å². The third-order valence-electron chi connectivity index (χ3n) is 18.7. The molecule has 0 amide bonds. The van der Waals surface area contributed by atoms with Crippen LogP contribution in [0.2, 0.25) is 0 Å². The smallest absolute Gasteiger partial charge is 0.159 e. The standard InChI is InChI=1S/C81H62N2O4/c1-79(2,3)59-41-23-37-53-55-39-25-43-63(75(55)86-73(53)59)82(51-31-15-9-16-32-51)65-47-62-72(78-69(65)57-35-19-21-45-67(57)85-78)71-61(81(62,49-27-11-7-12-28-49)50-29-13-8-14-30-50)48-66(77-70(71)58-36-20-22-46-68(58)84-77)83(52-33-17-10-18-34-52)64-44-26-40-56-54-38-24-42-60(80(4,5)6)74(54)87-76(56)64/h7-43,45-48,64H,44H2,1-6H3. The predicted molar refractivity (Wildman–Crippen MR) is 359 cm³/mol. The Balaban J connectivity index is 1.04. The Morgan fingerprint density at radius 2 is 0.885 bits per heavy atom. The largest absolute Gasteiger partial charge is 0.458 e. The van der Waals surface area contributed by atoms with Gasteiger partial charge in [-0.05, 0) is 94.1 Å². The van der Waals surface area contributed by atoms with E-state index < -0.39 is 5.41 Å². The molecule has 2 aliphatic rings. The molecule has 17 rings (SSSR count). The number of hydrogen-bond donors (Lipinski definition) is 0. The summed E-state index contributed by atoms with van der Waals surface area (Å²) in [7, 11) is 0. The molecule has 0 aliphatic heterocycles. The van der Waals surface area contributed by atoms with Crippen LogP contribution in [0.3, 0.4) is 0 Å². The van der Waals surface area contributed by atoms with Gasteiger partial charge in [-0.25, -0.2) is 0 Å². The first-order chi connectivity index (χ1) is 42.5. The predicted octanol–water partition coefficient (Wildman–Crippen LogP) is 22.9. The highest BCUT2D eigenvalue weighted by atomic mass is 16.3. The zero-order chi connectivity index (χ0) is 58.5. The van der Waals surface area contributed by atoms with Crippen molar-refractivity contribution in [2.75, 3.05) is 9.80 Å². The summed E-state index contributed by atoms with van der Waals surface area (Å²) in [6, 6.07) is 85.5. The van der Waals surface area contributed by atoms with Crippen molar-refractivity contribution in [1.29, 1.82) is 0 Å². The Hall–Kier alpha value is -10.3. The van der Waals surface area contributed by atoms with E-state index in [0.29, 0.717) is 6.42 Å². The van der Waals surface area contributed by atoms with Gasteiger partial charge in [0, 0.05) is 71.5 Å². The van der Waals surface area contributed by atoms with Gasteiger partial charge in [-0.2, -0.15) is 0 Å². The maximum absolute atomic E-state index is 7.64. The minimum atomic E-state index is -0.952. The fraction of sp³-hybridized carbons (Fsp3) is 0.136. The molecule has 15 aromatic rings. The molecular formula is C81H62N2O4. The summed E-state index contributed by atoms with van der Waals surface area (Å²) >= 11 is 0. The Bertz CT molecular complexity index is 5240. The van der Waals surface area contributed by atoms with Gasteiger partial charge < -0.3 is 27.5 Å². The van der Waals surface area contributed by atoms with Crippen molar-refractivity contribution in [3.05, 3.63) is 287 Å². The minimum absolute atomic E-state index is 0.147. The number of rotatable bonds is 8. The van der Waals surface area contributed by atoms with E-state index in [0.717, 1.165) is 150 Å². The molecular weight excluding hydrogens is 1060 g/mol. The summed E-state index contributed by atoms with van der Waals surface area (Å²) in [5.41, 5.74) is 19.4. The van der Waals surface area contributed by atoms with Crippen LogP contribution in [-0.4, -0.2) is 0 Å². The molecule has 0 fully saturated rings. The Morgan fingerprint density at radius 1 is 0.391 bits per heavy atom. The lowest BCUT2D eigenvalue weighted by Crippen LogP contribution is -2.30. The van der Waals surface area contributed by atoms with Gasteiger partial charge in [0.15, 0.2) is 11.2 Å². The van der Waals surface area contributed by atoms with Gasteiger partial charge in [0.25, 0.3) is 0 Å². The van der Waals surface area contributed by atoms with Crippen molar-refractivity contribution in [2.45, 2.75) is 70.3 Å². The molecule has 0 N–H and O–H groups in total. The number of furan rings is 4. The van der Waals surface area contributed by atoms with Crippen LogP contribution in [0.1, 0.15) is 98.7 Å². The Kier molecular flexibility index (Phi) is 11.1. The Labute approximate surface area is 504 Å². The summed E-state index contributed by atoms with van der Waals surface area (Å²) in [6.45, 7) is 13.6. The second kappa shape index (κ2) is 18.8. The lowest BCUT2D eigenvalue weighted by molar-refractivity contribution is 0.478. The molecule has 0 bridgehead atoms. The molecule has 0 spiro atoms. The number of hydrogen-bond acceptors (Lipinski definition) is 6. The quantitative estimate of drug-likeness (QED) is 0.151. The first-order valence-electron chi connectivity index (χ1n) is 30.4. The number of nitrogens with zero attached hydrogens (tertiary/aromatic N) is 2. The van der Waals surface area contributed by atoms with Gasteiger partial charge in [0.1, 0.15) is 33.7 Å². The number of anilines is 5. The molecule has 1 unspecified atom stereocenters. The van der Waals surface area contributed by atoms with Crippen LogP contribution < -0.4 is 9.80 Å². The normalized spacial score (nSPS) is 14.7. The van der Waals surface area contributed by atoms with Gasteiger partial charge in [-0.1, -0.05) is 236 Å². The van der Waals surface area contributed by atoms with Gasteiger partial charge in [0.05, 0.1) is 33.9 Å². The molecule has 4 heterocycles. The monoisotopic (exact) mass is 1130 g/mol. The zero-order valence-corrected chi connectivity index (χ0v) is 49.5. The lowest BCUT2D eigenvalue weighted by Gasteiger charge is -2.37. The highest BCUT2D eigenvalue weighted by Gasteiger charge is 2.51. The van der Waals surface area contributed by atoms with Gasteiger partial charge in [-0.15, -0.1) is 0 Å². The molecule has 420 valence electrons. The van der Waals surface area contributed by atoms with Crippen molar-refractivity contribution in [3.8, 4) is 11.1 Å². The fourth-order valence-electron chi connectivity index (χ4n) is 15.0. The minimum Gasteiger partial charge on any atom is -0.458 e. The van der Waals surface area contributed by atoms with E-state index >= 15 is 0 Å². The van der Waals surface area contributed by atoms with Crippen LogP contribution >= 0.6 is 0 Å². The average molecular weight is 1130 g/mol. The van der Waals surface area contributed by atoms with Crippen molar-refractivity contribution in [2.24, 2.45) is 0 Å². The highest BCUT2D eigenvalue weighted by Crippen LogP contribution is 2.65. The molecule has 4 aromatic heterocycles. The van der Waals surface area contributed by atoms with Crippen LogP contribution in [0, 0.1) is 0 Å².